The molecule has 152 valence electrons. The van der Waals surface area contributed by atoms with Gasteiger partial charge in [-0.2, -0.15) is 13.2 Å². The van der Waals surface area contributed by atoms with Gasteiger partial charge in [0.05, 0.1) is 16.6 Å². The van der Waals surface area contributed by atoms with Crippen LogP contribution in [0.1, 0.15) is 26.3 Å². The summed E-state index contributed by atoms with van der Waals surface area (Å²) in [5.41, 5.74) is 0.221. The Bertz CT molecular complexity index is 1210. The predicted molar refractivity (Wildman–Crippen MR) is 102 cm³/mol. The van der Waals surface area contributed by atoms with Crippen LogP contribution < -0.4 is 10.6 Å². The second-order valence-electron chi connectivity index (χ2n) is 6.21. The van der Waals surface area contributed by atoms with Crippen molar-refractivity contribution in [3.63, 3.8) is 0 Å². The largest absolute Gasteiger partial charge is 0.416 e. The number of hydrogen-bond donors (Lipinski definition) is 4. The third kappa shape index (κ3) is 3.85. The number of halogens is 3. The molecular formula is C19H13F3N6O2. The van der Waals surface area contributed by atoms with Gasteiger partial charge in [-0.15, -0.1) is 0 Å². The van der Waals surface area contributed by atoms with Crippen molar-refractivity contribution in [1.82, 2.24) is 19.9 Å². The summed E-state index contributed by atoms with van der Waals surface area (Å²) in [6, 6.07) is 8.66. The van der Waals surface area contributed by atoms with Crippen LogP contribution in [0.4, 0.5) is 25.1 Å². The molecule has 0 saturated heterocycles. The standard InChI is InChI=1S/C19H13F3N6O2/c20-19(21,22)11-6-4-10(5-7-11)15(29)27-18-25-13-3-1-2-12(14(13)26-18)16(30)28-17-23-8-9-24-17/h1-9H,(H2,23,24,28,30)(H2,25,26,27,29). The summed E-state index contributed by atoms with van der Waals surface area (Å²) < 4.78 is 38.0. The van der Waals surface area contributed by atoms with Crippen LogP contribution in [0.25, 0.3) is 11.0 Å². The van der Waals surface area contributed by atoms with E-state index in [0.29, 0.717) is 11.0 Å². The molecule has 0 aliphatic heterocycles. The maximum Gasteiger partial charge on any atom is 0.416 e. The molecule has 8 nitrogen and oxygen atoms in total. The minimum absolute atomic E-state index is 0.0271. The molecule has 0 bridgehead atoms. The Morgan fingerprint density at radius 1 is 0.933 bits per heavy atom. The fourth-order valence-corrected chi connectivity index (χ4v) is 2.77. The number of carbonyl (C=O) groups excluding carboxylic acids is 2. The molecule has 0 saturated carbocycles. The highest BCUT2D eigenvalue weighted by Crippen LogP contribution is 2.29. The van der Waals surface area contributed by atoms with E-state index in [4.69, 9.17) is 0 Å². The highest BCUT2D eigenvalue weighted by molar-refractivity contribution is 6.11. The highest BCUT2D eigenvalue weighted by Gasteiger charge is 2.30. The number of nitrogens with one attached hydrogen (secondary N) is 4. The van der Waals surface area contributed by atoms with Crippen LogP contribution in [0.2, 0.25) is 0 Å². The Balaban J connectivity index is 1.55. The molecule has 4 aromatic rings. The summed E-state index contributed by atoms with van der Waals surface area (Å²) in [5, 5.41) is 5.07. The van der Waals surface area contributed by atoms with Gasteiger partial charge in [0.1, 0.15) is 5.52 Å². The molecule has 2 aromatic carbocycles. The molecule has 0 aliphatic carbocycles. The maximum absolute atomic E-state index is 12.7. The summed E-state index contributed by atoms with van der Waals surface area (Å²) in [6.45, 7) is 0. The molecule has 11 heteroatoms. The van der Waals surface area contributed by atoms with Crippen LogP contribution in [0, 0.1) is 0 Å². The van der Waals surface area contributed by atoms with Gasteiger partial charge in [0.15, 0.2) is 0 Å². The molecule has 4 N–H and O–H groups in total. The normalized spacial score (nSPS) is 11.4. The average molecular weight is 414 g/mol. The number of anilines is 2. The molecule has 0 aliphatic rings. The average Bonchev–Trinajstić information content (AvgIpc) is 3.36. The van der Waals surface area contributed by atoms with Crippen LogP contribution in [-0.2, 0) is 6.18 Å². The molecular weight excluding hydrogens is 401 g/mol. The molecule has 30 heavy (non-hydrogen) atoms. The lowest BCUT2D eigenvalue weighted by Crippen LogP contribution is -2.14. The minimum atomic E-state index is -4.49. The highest BCUT2D eigenvalue weighted by atomic mass is 19.4. The van der Waals surface area contributed by atoms with Gasteiger partial charge in [0, 0.05) is 18.0 Å². The van der Waals surface area contributed by atoms with Crippen molar-refractivity contribution in [2.24, 2.45) is 0 Å². The van der Waals surface area contributed by atoms with E-state index in [0.717, 1.165) is 24.3 Å². The van der Waals surface area contributed by atoms with Gasteiger partial charge < -0.3 is 9.97 Å². The van der Waals surface area contributed by atoms with E-state index in [-0.39, 0.29) is 23.0 Å². The smallest absolute Gasteiger partial charge is 0.331 e. The molecule has 0 radical (unpaired) electrons. The van der Waals surface area contributed by atoms with Crippen LogP contribution in [0.3, 0.4) is 0 Å². The van der Waals surface area contributed by atoms with Crippen molar-refractivity contribution in [1.29, 1.82) is 0 Å². The number of alkyl halides is 3. The molecule has 2 heterocycles. The second kappa shape index (κ2) is 7.35. The van der Waals surface area contributed by atoms with E-state index in [2.05, 4.69) is 30.6 Å². The fourth-order valence-electron chi connectivity index (χ4n) is 2.77. The number of para-hydroxylation sites is 1. The summed E-state index contributed by atoms with van der Waals surface area (Å²) in [4.78, 5) is 38.6. The number of fused-ring (bicyclic) bond motifs is 1. The van der Waals surface area contributed by atoms with Gasteiger partial charge in [-0.25, -0.2) is 9.97 Å². The zero-order valence-corrected chi connectivity index (χ0v) is 15.0. The lowest BCUT2D eigenvalue weighted by Gasteiger charge is -2.07. The quantitative estimate of drug-likeness (QED) is 0.406. The van der Waals surface area contributed by atoms with Crippen molar-refractivity contribution < 1.29 is 22.8 Å². The van der Waals surface area contributed by atoms with Gasteiger partial charge >= 0.3 is 6.18 Å². The van der Waals surface area contributed by atoms with Crippen molar-refractivity contribution in [3.8, 4) is 0 Å². The van der Waals surface area contributed by atoms with E-state index >= 15 is 0 Å². The molecule has 0 unspecified atom stereocenters. The second-order valence-corrected chi connectivity index (χ2v) is 6.21. The number of imidazole rings is 2. The number of hydrogen-bond acceptors (Lipinski definition) is 4. The van der Waals surface area contributed by atoms with Crippen LogP contribution in [-0.4, -0.2) is 31.8 Å². The van der Waals surface area contributed by atoms with Crippen molar-refractivity contribution in [3.05, 3.63) is 71.5 Å². The Hall–Kier alpha value is -4.15. The summed E-state index contributed by atoms with van der Waals surface area (Å²) in [5.74, 6) is -0.788. The predicted octanol–water partition coefficient (Wildman–Crippen LogP) is 3.81. The van der Waals surface area contributed by atoms with E-state index in [1.165, 1.54) is 6.20 Å². The number of nitrogens with zero attached hydrogens (tertiary/aromatic N) is 2. The summed E-state index contributed by atoms with van der Waals surface area (Å²) in [7, 11) is 0. The van der Waals surface area contributed by atoms with Crippen LogP contribution >= 0.6 is 0 Å². The number of benzene rings is 2. The van der Waals surface area contributed by atoms with Crippen molar-refractivity contribution in [2.45, 2.75) is 6.18 Å². The zero-order chi connectivity index (χ0) is 21.3. The molecule has 0 fully saturated rings. The first-order valence-electron chi connectivity index (χ1n) is 8.59. The SMILES string of the molecule is O=C(Nc1nc2c(C(=O)Nc3ncc[nH]3)cccc2[nH]1)c1ccc(C(F)(F)F)cc1. The van der Waals surface area contributed by atoms with Gasteiger partial charge in [-0.3, -0.25) is 20.2 Å². The Morgan fingerprint density at radius 3 is 2.33 bits per heavy atom. The first-order valence-corrected chi connectivity index (χ1v) is 8.59. The fraction of sp³-hybridized carbons (Fsp3) is 0.0526. The molecule has 2 amide bonds. The van der Waals surface area contributed by atoms with E-state index in [1.807, 2.05) is 0 Å². The third-order valence-electron chi connectivity index (χ3n) is 4.19. The Labute approximate surface area is 166 Å². The summed E-state index contributed by atoms with van der Waals surface area (Å²) in [6.07, 6.45) is -1.44. The molecule has 4 rings (SSSR count). The van der Waals surface area contributed by atoms with Gasteiger partial charge in [0.2, 0.25) is 11.9 Å². The zero-order valence-electron chi connectivity index (χ0n) is 15.0. The first kappa shape index (κ1) is 19.2. The van der Waals surface area contributed by atoms with Gasteiger partial charge in [0.25, 0.3) is 11.8 Å². The minimum Gasteiger partial charge on any atom is -0.331 e. The topological polar surface area (TPSA) is 116 Å². The summed E-state index contributed by atoms with van der Waals surface area (Å²) >= 11 is 0. The van der Waals surface area contributed by atoms with Crippen molar-refractivity contribution >= 4 is 34.7 Å². The lowest BCUT2D eigenvalue weighted by molar-refractivity contribution is -0.137. The van der Waals surface area contributed by atoms with E-state index in [9.17, 15) is 22.8 Å². The lowest BCUT2D eigenvalue weighted by atomic mass is 10.1. The van der Waals surface area contributed by atoms with Gasteiger partial charge in [-0.05, 0) is 36.4 Å². The number of carbonyl (C=O) groups is 2. The monoisotopic (exact) mass is 414 g/mol. The van der Waals surface area contributed by atoms with Crippen molar-refractivity contribution in [2.75, 3.05) is 10.6 Å². The Kier molecular flexibility index (Phi) is 4.70. The number of H-pyrrole nitrogens is 2. The van der Waals surface area contributed by atoms with E-state index < -0.39 is 23.6 Å². The third-order valence-corrected chi connectivity index (χ3v) is 4.19. The Morgan fingerprint density at radius 2 is 1.67 bits per heavy atom. The number of aromatic amines is 2. The first-order chi connectivity index (χ1) is 14.3. The molecule has 0 atom stereocenters. The molecule has 2 aromatic heterocycles. The number of amides is 2. The number of rotatable bonds is 4. The van der Waals surface area contributed by atoms with Crippen LogP contribution in [0.15, 0.2) is 54.9 Å². The van der Waals surface area contributed by atoms with E-state index in [1.54, 1.807) is 24.4 Å². The molecule has 0 spiro atoms. The van der Waals surface area contributed by atoms with Crippen LogP contribution in [0.5, 0.6) is 0 Å². The maximum atomic E-state index is 12.7. The number of aromatic nitrogens is 4. The van der Waals surface area contributed by atoms with Gasteiger partial charge in [-0.1, -0.05) is 6.07 Å².